The van der Waals surface area contributed by atoms with E-state index in [2.05, 4.69) is 21.2 Å². The van der Waals surface area contributed by atoms with E-state index in [1.807, 2.05) is 6.92 Å². The Balaban J connectivity index is 2.52. The lowest BCUT2D eigenvalue weighted by Gasteiger charge is -2.20. The number of alkyl halides is 3. The fraction of sp³-hybridized carbons (Fsp3) is 0.333. The Hall–Kier alpha value is -1.27. The van der Waals surface area contributed by atoms with Crippen molar-refractivity contribution in [1.82, 2.24) is 5.32 Å². The SMILES string of the molecule is CCc1ccc(C(NC)c2ccc(Br)cc2C(F)(F)F)o1. The van der Waals surface area contributed by atoms with E-state index >= 15 is 0 Å². The monoisotopic (exact) mass is 361 g/mol. The van der Waals surface area contributed by atoms with Gasteiger partial charge in [0.1, 0.15) is 11.5 Å². The summed E-state index contributed by atoms with van der Waals surface area (Å²) >= 11 is 3.09. The number of halogens is 4. The first-order valence-corrected chi connectivity index (χ1v) is 7.28. The van der Waals surface area contributed by atoms with Crippen LogP contribution in [-0.2, 0) is 12.6 Å². The molecule has 0 saturated carbocycles. The number of hydrogen-bond acceptors (Lipinski definition) is 2. The van der Waals surface area contributed by atoms with Crippen LogP contribution < -0.4 is 5.32 Å². The molecule has 0 amide bonds. The highest BCUT2D eigenvalue weighted by Crippen LogP contribution is 2.38. The van der Waals surface area contributed by atoms with Crippen molar-refractivity contribution in [2.24, 2.45) is 0 Å². The second-order valence-corrected chi connectivity index (χ2v) is 5.52. The summed E-state index contributed by atoms with van der Waals surface area (Å²) in [5.41, 5.74) is -0.532. The average molecular weight is 362 g/mol. The average Bonchev–Trinajstić information content (AvgIpc) is 2.89. The van der Waals surface area contributed by atoms with Crippen molar-refractivity contribution in [3.63, 3.8) is 0 Å². The molecule has 1 aromatic heterocycles. The third kappa shape index (κ3) is 3.49. The third-order valence-corrected chi connectivity index (χ3v) is 3.73. The number of rotatable bonds is 4. The van der Waals surface area contributed by atoms with Gasteiger partial charge in [-0.3, -0.25) is 0 Å². The van der Waals surface area contributed by atoms with Crippen molar-refractivity contribution in [3.8, 4) is 0 Å². The van der Waals surface area contributed by atoms with Gasteiger partial charge in [0, 0.05) is 10.9 Å². The molecule has 0 bridgehead atoms. The maximum Gasteiger partial charge on any atom is 0.416 e. The number of nitrogens with one attached hydrogen (secondary N) is 1. The Morgan fingerprint density at radius 3 is 2.48 bits per heavy atom. The summed E-state index contributed by atoms with van der Waals surface area (Å²) in [6.45, 7) is 1.93. The van der Waals surface area contributed by atoms with Crippen LogP contribution >= 0.6 is 15.9 Å². The van der Waals surface area contributed by atoms with Crippen molar-refractivity contribution in [3.05, 3.63) is 57.5 Å². The first-order chi connectivity index (χ1) is 9.86. The Labute approximate surface area is 129 Å². The lowest BCUT2D eigenvalue weighted by atomic mass is 9.98. The number of benzene rings is 1. The van der Waals surface area contributed by atoms with Crippen LogP contribution in [0.5, 0.6) is 0 Å². The molecule has 2 nitrogen and oxygen atoms in total. The largest absolute Gasteiger partial charge is 0.464 e. The Kier molecular flexibility index (Phi) is 4.78. The molecule has 0 fully saturated rings. The summed E-state index contributed by atoms with van der Waals surface area (Å²) in [5.74, 6) is 1.22. The molecule has 1 unspecified atom stereocenters. The first-order valence-electron chi connectivity index (χ1n) is 6.49. The molecule has 2 rings (SSSR count). The third-order valence-electron chi connectivity index (χ3n) is 3.24. The number of aryl methyl sites for hydroxylation is 1. The smallest absolute Gasteiger partial charge is 0.416 e. The van der Waals surface area contributed by atoms with Crippen molar-refractivity contribution in [1.29, 1.82) is 0 Å². The van der Waals surface area contributed by atoms with Crippen LogP contribution in [0.15, 0.2) is 39.2 Å². The number of hydrogen-bond donors (Lipinski definition) is 1. The van der Waals surface area contributed by atoms with Crippen LogP contribution in [0, 0.1) is 0 Å². The predicted molar refractivity (Wildman–Crippen MR) is 78.1 cm³/mol. The fourth-order valence-corrected chi connectivity index (χ4v) is 2.58. The molecule has 1 heterocycles. The summed E-state index contributed by atoms with van der Waals surface area (Å²) in [5, 5.41) is 2.89. The molecule has 6 heteroatoms. The van der Waals surface area contributed by atoms with Gasteiger partial charge in [-0.05, 0) is 36.9 Å². The zero-order valence-corrected chi connectivity index (χ0v) is 13.2. The topological polar surface area (TPSA) is 25.2 Å². The van der Waals surface area contributed by atoms with Crippen LogP contribution in [0.3, 0.4) is 0 Å². The van der Waals surface area contributed by atoms with E-state index in [1.165, 1.54) is 6.07 Å². The minimum atomic E-state index is -4.42. The van der Waals surface area contributed by atoms with Crippen LogP contribution in [0.1, 0.15) is 35.6 Å². The van der Waals surface area contributed by atoms with Gasteiger partial charge < -0.3 is 9.73 Å². The molecule has 1 N–H and O–H groups in total. The van der Waals surface area contributed by atoms with Gasteiger partial charge in [-0.2, -0.15) is 13.2 Å². The summed E-state index contributed by atoms with van der Waals surface area (Å²) in [6, 6.07) is 6.99. The summed E-state index contributed by atoms with van der Waals surface area (Å²) in [7, 11) is 1.61. The van der Waals surface area contributed by atoms with Gasteiger partial charge in [0.15, 0.2) is 0 Å². The van der Waals surface area contributed by atoms with Crippen LogP contribution in [0.2, 0.25) is 0 Å². The minimum Gasteiger partial charge on any atom is -0.464 e. The molecule has 0 spiro atoms. The van der Waals surface area contributed by atoms with Gasteiger partial charge in [-0.1, -0.05) is 28.9 Å². The highest BCUT2D eigenvalue weighted by molar-refractivity contribution is 9.10. The Bertz CT molecular complexity index is 622. The van der Waals surface area contributed by atoms with Crippen molar-refractivity contribution < 1.29 is 17.6 Å². The van der Waals surface area contributed by atoms with Crippen LogP contribution in [-0.4, -0.2) is 7.05 Å². The van der Waals surface area contributed by atoms with E-state index in [0.717, 1.165) is 11.8 Å². The molecule has 2 aromatic rings. The highest BCUT2D eigenvalue weighted by Gasteiger charge is 2.36. The molecule has 0 aliphatic heterocycles. The molecule has 21 heavy (non-hydrogen) atoms. The van der Waals surface area contributed by atoms with E-state index in [9.17, 15) is 13.2 Å². The molecule has 0 aliphatic carbocycles. The Morgan fingerprint density at radius 2 is 1.95 bits per heavy atom. The highest BCUT2D eigenvalue weighted by atomic mass is 79.9. The molecule has 0 radical (unpaired) electrons. The van der Waals surface area contributed by atoms with Gasteiger partial charge >= 0.3 is 6.18 Å². The van der Waals surface area contributed by atoms with E-state index in [-0.39, 0.29) is 5.56 Å². The quantitative estimate of drug-likeness (QED) is 0.834. The zero-order chi connectivity index (χ0) is 15.6. The molecule has 1 atom stereocenters. The zero-order valence-electron chi connectivity index (χ0n) is 11.6. The normalized spacial score (nSPS) is 13.4. The summed E-state index contributed by atoms with van der Waals surface area (Å²) in [6.07, 6.45) is -3.72. The first kappa shape index (κ1) is 16.1. The van der Waals surface area contributed by atoms with Gasteiger partial charge in [0.05, 0.1) is 11.6 Å². The van der Waals surface area contributed by atoms with E-state index in [1.54, 1.807) is 25.2 Å². The fourth-order valence-electron chi connectivity index (χ4n) is 2.22. The second kappa shape index (κ2) is 6.23. The predicted octanol–water partition coefficient (Wildman–Crippen LogP) is 4.93. The minimum absolute atomic E-state index is 0.144. The summed E-state index contributed by atoms with van der Waals surface area (Å²) in [4.78, 5) is 0. The summed E-state index contributed by atoms with van der Waals surface area (Å²) < 4.78 is 45.7. The molecule has 1 aromatic carbocycles. The van der Waals surface area contributed by atoms with Crippen molar-refractivity contribution in [2.75, 3.05) is 7.05 Å². The van der Waals surface area contributed by atoms with E-state index in [4.69, 9.17) is 4.42 Å². The van der Waals surface area contributed by atoms with Gasteiger partial charge in [0.25, 0.3) is 0 Å². The van der Waals surface area contributed by atoms with E-state index in [0.29, 0.717) is 16.7 Å². The lowest BCUT2D eigenvalue weighted by molar-refractivity contribution is -0.138. The standard InChI is InChI=1S/C15H15BrF3NO/c1-3-10-5-7-13(21-10)14(20-2)11-6-4-9(16)8-12(11)15(17,18)19/h4-8,14,20H,3H2,1-2H3. The van der Waals surface area contributed by atoms with Crippen LogP contribution in [0.4, 0.5) is 13.2 Å². The Morgan fingerprint density at radius 1 is 1.24 bits per heavy atom. The van der Waals surface area contributed by atoms with Gasteiger partial charge in [0.2, 0.25) is 0 Å². The maximum absolute atomic E-state index is 13.2. The molecular weight excluding hydrogens is 347 g/mol. The maximum atomic E-state index is 13.2. The van der Waals surface area contributed by atoms with Crippen molar-refractivity contribution in [2.45, 2.75) is 25.6 Å². The van der Waals surface area contributed by atoms with E-state index < -0.39 is 17.8 Å². The van der Waals surface area contributed by atoms with Gasteiger partial charge in [-0.15, -0.1) is 0 Å². The molecule has 114 valence electrons. The molecule has 0 aliphatic rings. The molecular formula is C15H15BrF3NO. The van der Waals surface area contributed by atoms with Crippen LogP contribution in [0.25, 0.3) is 0 Å². The molecule has 0 saturated heterocycles. The second-order valence-electron chi connectivity index (χ2n) is 4.61. The van der Waals surface area contributed by atoms with Gasteiger partial charge in [-0.25, -0.2) is 0 Å². The van der Waals surface area contributed by atoms with Crippen molar-refractivity contribution >= 4 is 15.9 Å². The number of furan rings is 1. The lowest BCUT2D eigenvalue weighted by Crippen LogP contribution is -2.21.